The van der Waals surface area contributed by atoms with Gasteiger partial charge in [0.1, 0.15) is 4.87 Å². The van der Waals surface area contributed by atoms with Crippen LogP contribution in [0.25, 0.3) is 0 Å². The lowest BCUT2D eigenvalue weighted by atomic mass is 10.3. The molecule has 1 rings (SSSR count). The van der Waals surface area contributed by atoms with Crippen LogP contribution in [0.2, 0.25) is 0 Å². The maximum absolute atomic E-state index is 6.14. The Hall–Kier alpha value is -0.450. The van der Waals surface area contributed by atoms with Gasteiger partial charge in [-0.2, -0.15) is 0 Å². The maximum atomic E-state index is 6.14. The summed E-state index contributed by atoms with van der Waals surface area (Å²) in [6.45, 7) is 6.72. The molecule has 0 aromatic heterocycles. The summed E-state index contributed by atoms with van der Waals surface area (Å²) in [6, 6.07) is 0. The van der Waals surface area contributed by atoms with Crippen molar-refractivity contribution in [3.63, 3.8) is 0 Å². The lowest BCUT2D eigenvalue weighted by molar-refractivity contribution is 0.129. The van der Waals surface area contributed by atoms with Crippen molar-refractivity contribution in [2.75, 3.05) is 6.61 Å². The molecule has 0 amide bonds. The summed E-state index contributed by atoms with van der Waals surface area (Å²) in [6.07, 6.45) is 2.87. The van der Waals surface area contributed by atoms with Gasteiger partial charge < -0.3 is 4.74 Å². The molecule has 0 aromatic rings. The van der Waals surface area contributed by atoms with Crippen LogP contribution >= 0.6 is 11.6 Å². The van der Waals surface area contributed by atoms with Gasteiger partial charge in [-0.05, 0) is 26.8 Å². The fourth-order valence-electron chi connectivity index (χ4n) is 1.04. The molecule has 1 nitrogen and oxygen atoms in total. The van der Waals surface area contributed by atoms with E-state index in [2.05, 4.69) is 11.8 Å². The van der Waals surface area contributed by atoms with Crippen LogP contribution in [0, 0.1) is 11.8 Å². The topological polar surface area (TPSA) is 9.23 Å². The van der Waals surface area contributed by atoms with Crippen LogP contribution in [0.5, 0.6) is 0 Å². The summed E-state index contributed by atoms with van der Waals surface area (Å²) in [5.41, 5.74) is 1.20. The number of hydrogen-bond acceptors (Lipinski definition) is 1. The Labute approximate surface area is 85.1 Å². The second-order valence-corrected chi connectivity index (χ2v) is 4.18. The third-order valence-corrected chi connectivity index (χ3v) is 2.33. The first kappa shape index (κ1) is 10.6. The molecule has 0 saturated heterocycles. The van der Waals surface area contributed by atoms with Crippen LogP contribution in [-0.4, -0.2) is 17.6 Å². The predicted molar refractivity (Wildman–Crippen MR) is 55.8 cm³/mol. The number of halogens is 1. The zero-order chi connectivity index (χ0) is 9.90. The van der Waals surface area contributed by atoms with Crippen LogP contribution in [0.1, 0.15) is 27.2 Å². The number of ether oxygens (including phenoxy) is 1. The Bertz CT molecular complexity index is 268. The standard InChI is InChI=1S/C11H15ClO/c1-4-13-10-8-11(10,12)7-5-6-9(2)3/h6,10H,4,8H2,1-3H3. The van der Waals surface area contributed by atoms with E-state index in [1.54, 1.807) is 0 Å². The Morgan fingerprint density at radius 2 is 2.38 bits per heavy atom. The van der Waals surface area contributed by atoms with Gasteiger partial charge in [-0.1, -0.05) is 17.4 Å². The maximum Gasteiger partial charge on any atom is 0.134 e. The molecule has 0 N–H and O–H groups in total. The first-order valence-electron chi connectivity index (χ1n) is 4.55. The summed E-state index contributed by atoms with van der Waals surface area (Å²) in [7, 11) is 0. The summed E-state index contributed by atoms with van der Waals surface area (Å²) in [5.74, 6) is 5.96. The molecule has 1 fully saturated rings. The molecule has 13 heavy (non-hydrogen) atoms. The highest BCUT2D eigenvalue weighted by Crippen LogP contribution is 2.44. The predicted octanol–water partition coefficient (Wildman–Crippen LogP) is 2.74. The van der Waals surface area contributed by atoms with Gasteiger partial charge >= 0.3 is 0 Å². The van der Waals surface area contributed by atoms with E-state index in [0.717, 1.165) is 6.42 Å². The molecule has 72 valence electrons. The van der Waals surface area contributed by atoms with Gasteiger partial charge in [0, 0.05) is 13.0 Å². The molecule has 1 aliphatic carbocycles. The van der Waals surface area contributed by atoms with Gasteiger partial charge in [-0.25, -0.2) is 0 Å². The second kappa shape index (κ2) is 4.17. The minimum atomic E-state index is -0.401. The van der Waals surface area contributed by atoms with Crippen LogP contribution < -0.4 is 0 Å². The summed E-state index contributed by atoms with van der Waals surface area (Å²) in [5, 5.41) is 0. The average molecular weight is 199 g/mol. The van der Waals surface area contributed by atoms with E-state index in [1.807, 2.05) is 26.8 Å². The lowest BCUT2D eigenvalue weighted by Gasteiger charge is -1.98. The van der Waals surface area contributed by atoms with Crippen molar-refractivity contribution < 1.29 is 4.74 Å². The number of rotatable bonds is 2. The fraction of sp³-hybridized carbons (Fsp3) is 0.636. The molecule has 0 spiro atoms. The van der Waals surface area contributed by atoms with E-state index in [0.29, 0.717) is 6.61 Å². The smallest absolute Gasteiger partial charge is 0.134 e. The Balaban J connectivity index is 2.46. The molecular weight excluding hydrogens is 184 g/mol. The number of alkyl halides is 1. The van der Waals surface area contributed by atoms with Gasteiger partial charge in [0.15, 0.2) is 0 Å². The monoisotopic (exact) mass is 198 g/mol. The minimum Gasteiger partial charge on any atom is -0.376 e. The zero-order valence-corrected chi connectivity index (χ0v) is 9.11. The van der Waals surface area contributed by atoms with E-state index in [4.69, 9.17) is 16.3 Å². The van der Waals surface area contributed by atoms with Crippen molar-refractivity contribution in [1.82, 2.24) is 0 Å². The second-order valence-electron chi connectivity index (χ2n) is 3.50. The lowest BCUT2D eigenvalue weighted by Crippen LogP contribution is -2.05. The third kappa shape index (κ3) is 3.06. The summed E-state index contributed by atoms with van der Waals surface area (Å²) in [4.78, 5) is -0.401. The molecule has 0 heterocycles. The van der Waals surface area contributed by atoms with Crippen LogP contribution in [-0.2, 0) is 4.74 Å². The van der Waals surface area contributed by atoms with Crippen molar-refractivity contribution in [2.45, 2.75) is 38.2 Å². The van der Waals surface area contributed by atoms with Gasteiger partial charge in [0.05, 0.1) is 6.10 Å². The van der Waals surface area contributed by atoms with Crippen LogP contribution in [0.15, 0.2) is 11.6 Å². The summed E-state index contributed by atoms with van der Waals surface area (Å²) < 4.78 is 5.37. The first-order chi connectivity index (χ1) is 6.08. The van der Waals surface area contributed by atoms with Gasteiger partial charge in [0.2, 0.25) is 0 Å². The molecule has 1 saturated carbocycles. The number of hydrogen-bond donors (Lipinski definition) is 0. The SMILES string of the molecule is CCOC1CC1(Cl)C#CC=C(C)C. The summed E-state index contributed by atoms with van der Waals surface area (Å²) >= 11 is 6.14. The molecule has 2 atom stereocenters. The first-order valence-corrected chi connectivity index (χ1v) is 4.93. The quantitative estimate of drug-likeness (QED) is 0.490. The van der Waals surface area contributed by atoms with E-state index < -0.39 is 4.87 Å². The molecule has 1 aliphatic rings. The van der Waals surface area contributed by atoms with Crippen molar-refractivity contribution in [3.05, 3.63) is 11.6 Å². The Morgan fingerprint density at radius 3 is 2.92 bits per heavy atom. The van der Waals surface area contributed by atoms with Crippen molar-refractivity contribution >= 4 is 11.6 Å². The largest absolute Gasteiger partial charge is 0.376 e. The average Bonchev–Trinajstić information content (AvgIpc) is 2.62. The molecule has 0 aliphatic heterocycles. The van der Waals surface area contributed by atoms with E-state index in [-0.39, 0.29) is 6.10 Å². The Morgan fingerprint density at radius 1 is 1.69 bits per heavy atom. The van der Waals surface area contributed by atoms with E-state index >= 15 is 0 Å². The van der Waals surface area contributed by atoms with Crippen LogP contribution in [0.4, 0.5) is 0 Å². The number of allylic oxidation sites excluding steroid dienone is 2. The fourth-order valence-corrected chi connectivity index (χ4v) is 1.29. The highest BCUT2D eigenvalue weighted by atomic mass is 35.5. The molecule has 0 radical (unpaired) electrons. The molecule has 2 heteroatoms. The van der Waals surface area contributed by atoms with Gasteiger partial charge in [-0.3, -0.25) is 0 Å². The minimum absolute atomic E-state index is 0.136. The third-order valence-electron chi connectivity index (χ3n) is 1.84. The molecule has 0 aromatic carbocycles. The highest BCUT2D eigenvalue weighted by molar-refractivity contribution is 6.29. The molecular formula is C11H15ClO. The van der Waals surface area contributed by atoms with E-state index in [1.165, 1.54) is 5.57 Å². The van der Waals surface area contributed by atoms with Crippen molar-refractivity contribution in [3.8, 4) is 11.8 Å². The van der Waals surface area contributed by atoms with Crippen LogP contribution in [0.3, 0.4) is 0 Å². The van der Waals surface area contributed by atoms with Gasteiger partial charge in [-0.15, -0.1) is 11.6 Å². The molecule has 0 bridgehead atoms. The molecule has 2 unspecified atom stereocenters. The Kier molecular flexibility index (Phi) is 3.41. The van der Waals surface area contributed by atoms with Crippen molar-refractivity contribution in [2.24, 2.45) is 0 Å². The highest BCUT2D eigenvalue weighted by Gasteiger charge is 2.53. The van der Waals surface area contributed by atoms with Crippen molar-refractivity contribution in [1.29, 1.82) is 0 Å². The van der Waals surface area contributed by atoms with Gasteiger partial charge in [0.25, 0.3) is 0 Å². The van der Waals surface area contributed by atoms with E-state index in [9.17, 15) is 0 Å². The zero-order valence-electron chi connectivity index (χ0n) is 8.36. The normalized spacial score (nSPS) is 30.3.